The third kappa shape index (κ3) is 1.99. The Bertz CT molecular complexity index is 243. The molecule has 0 spiro atoms. The van der Waals surface area contributed by atoms with Crippen LogP contribution >= 0.6 is 0 Å². The minimum Gasteiger partial charge on any atom is -1.00 e. The van der Waals surface area contributed by atoms with E-state index in [1.165, 1.54) is 50.1 Å². The first-order valence-corrected chi connectivity index (χ1v) is 5.32. The molecule has 0 amide bonds. The molecule has 4 saturated heterocycles. The molecular weight excluding hydrogens is 256 g/mol. The standard InChI is InChI=1S/C10H19N4.BrH/c1-10(2)3-14-7-11-4-12(8-14)6-13(5-11)9-14;/h1,3-9H2,2H3;1H/q+1;/p-1. The molecule has 4 aliphatic rings. The molecule has 15 heavy (non-hydrogen) atoms. The van der Waals surface area contributed by atoms with E-state index in [1.807, 2.05) is 0 Å². The molecule has 86 valence electrons. The fourth-order valence-electron chi connectivity index (χ4n) is 3.38. The van der Waals surface area contributed by atoms with Crippen LogP contribution in [-0.4, -0.2) is 65.7 Å². The lowest BCUT2D eigenvalue weighted by molar-refractivity contribution is -0.976. The van der Waals surface area contributed by atoms with Crippen molar-refractivity contribution in [1.29, 1.82) is 0 Å². The van der Waals surface area contributed by atoms with Crippen LogP contribution in [0.2, 0.25) is 0 Å². The van der Waals surface area contributed by atoms with Gasteiger partial charge in [-0.3, -0.25) is 4.48 Å². The van der Waals surface area contributed by atoms with Crippen molar-refractivity contribution in [3.8, 4) is 0 Å². The topological polar surface area (TPSA) is 9.72 Å². The Balaban J connectivity index is 0.000000853. The second kappa shape index (κ2) is 3.82. The minimum atomic E-state index is 0. The highest BCUT2D eigenvalue weighted by Crippen LogP contribution is 2.29. The predicted molar refractivity (Wildman–Crippen MR) is 54.7 cm³/mol. The Labute approximate surface area is 102 Å². The monoisotopic (exact) mass is 274 g/mol. The maximum atomic E-state index is 4.06. The van der Waals surface area contributed by atoms with Gasteiger partial charge in [-0.1, -0.05) is 6.58 Å². The number of quaternary nitrogens is 1. The van der Waals surface area contributed by atoms with Crippen molar-refractivity contribution in [1.82, 2.24) is 14.7 Å². The summed E-state index contributed by atoms with van der Waals surface area (Å²) < 4.78 is 1.19. The van der Waals surface area contributed by atoms with Gasteiger partial charge in [0.2, 0.25) is 0 Å². The molecule has 4 rings (SSSR count). The molecule has 0 unspecified atom stereocenters. The van der Waals surface area contributed by atoms with Crippen LogP contribution in [0, 0.1) is 0 Å². The highest BCUT2D eigenvalue weighted by molar-refractivity contribution is 4.89. The van der Waals surface area contributed by atoms with Gasteiger partial charge in [-0.15, -0.1) is 0 Å². The van der Waals surface area contributed by atoms with Crippen LogP contribution in [0.25, 0.3) is 0 Å². The highest BCUT2D eigenvalue weighted by Gasteiger charge is 2.48. The maximum Gasteiger partial charge on any atom is 0.139 e. The Morgan fingerprint density at radius 2 is 1.47 bits per heavy atom. The Morgan fingerprint density at radius 3 is 1.80 bits per heavy atom. The van der Waals surface area contributed by atoms with E-state index in [4.69, 9.17) is 0 Å². The zero-order valence-corrected chi connectivity index (χ0v) is 10.9. The average molecular weight is 275 g/mol. The second-order valence-corrected chi connectivity index (χ2v) is 5.32. The van der Waals surface area contributed by atoms with Gasteiger partial charge in [0.05, 0.1) is 20.0 Å². The van der Waals surface area contributed by atoms with Gasteiger partial charge in [-0.25, -0.2) is 14.7 Å². The lowest BCUT2D eigenvalue weighted by Gasteiger charge is -2.60. The van der Waals surface area contributed by atoms with Gasteiger partial charge in [-0.2, -0.15) is 0 Å². The smallest absolute Gasteiger partial charge is 0.139 e. The van der Waals surface area contributed by atoms with Crippen molar-refractivity contribution >= 4 is 0 Å². The molecule has 0 aromatic carbocycles. The van der Waals surface area contributed by atoms with E-state index in [2.05, 4.69) is 28.2 Å². The molecule has 5 heteroatoms. The fourth-order valence-corrected chi connectivity index (χ4v) is 3.38. The number of hydrogen-bond acceptors (Lipinski definition) is 3. The molecule has 0 aromatic heterocycles. The first-order chi connectivity index (χ1) is 6.65. The van der Waals surface area contributed by atoms with Crippen LogP contribution in [0.15, 0.2) is 12.2 Å². The Morgan fingerprint density at radius 1 is 1.07 bits per heavy atom. The molecule has 4 aliphatic heterocycles. The second-order valence-electron chi connectivity index (χ2n) is 5.32. The largest absolute Gasteiger partial charge is 1.00 e. The van der Waals surface area contributed by atoms with Gasteiger partial charge in [0.1, 0.15) is 26.6 Å². The van der Waals surface area contributed by atoms with Crippen molar-refractivity contribution in [2.45, 2.75) is 6.92 Å². The molecular formula is C10H19BrN4. The van der Waals surface area contributed by atoms with Crippen LogP contribution in [-0.2, 0) is 0 Å². The maximum absolute atomic E-state index is 4.06. The Hall–Kier alpha value is 0.0600. The van der Waals surface area contributed by atoms with Crippen LogP contribution in [0.5, 0.6) is 0 Å². The van der Waals surface area contributed by atoms with E-state index >= 15 is 0 Å². The predicted octanol–water partition coefficient (Wildman–Crippen LogP) is -2.92. The molecule has 0 saturated carbocycles. The van der Waals surface area contributed by atoms with Crippen LogP contribution in [0.4, 0.5) is 0 Å². The average Bonchev–Trinajstić information content (AvgIpc) is 1.96. The van der Waals surface area contributed by atoms with Crippen molar-refractivity contribution in [3.63, 3.8) is 0 Å². The summed E-state index contributed by atoms with van der Waals surface area (Å²) >= 11 is 0. The van der Waals surface area contributed by atoms with Gasteiger partial charge in [0.25, 0.3) is 0 Å². The summed E-state index contributed by atoms with van der Waals surface area (Å²) in [6.07, 6.45) is 0. The highest BCUT2D eigenvalue weighted by atomic mass is 79.9. The number of hydrogen-bond donors (Lipinski definition) is 0. The first-order valence-electron chi connectivity index (χ1n) is 5.32. The zero-order chi connectivity index (χ0) is 9.76. The van der Waals surface area contributed by atoms with E-state index in [1.54, 1.807) is 0 Å². The summed E-state index contributed by atoms with van der Waals surface area (Å²) in [5.74, 6) is 0. The van der Waals surface area contributed by atoms with Gasteiger partial charge in [-0.05, 0) is 12.5 Å². The van der Waals surface area contributed by atoms with Crippen molar-refractivity contribution in [2.75, 3.05) is 46.6 Å². The van der Waals surface area contributed by atoms with E-state index in [9.17, 15) is 0 Å². The van der Waals surface area contributed by atoms with Gasteiger partial charge < -0.3 is 17.0 Å². The van der Waals surface area contributed by atoms with Crippen LogP contribution < -0.4 is 17.0 Å². The van der Waals surface area contributed by atoms with Crippen molar-refractivity contribution in [2.24, 2.45) is 0 Å². The van der Waals surface area contributed by atoms with E-state index in [0.29, 0.717) is 0 Å². The number of halogens is 1. The third-order valence-electron chi connectivity index (χ3n) is 3.31. The normalized spacial score (nSPS) is 46.3. The van der Waals surface area contributed by atoms with Crippen molar-refractivity contribution < 1.29 is 21.5 Å². The Kier molecular flexibility index (Phi) is 2.94. The van der Waals surface area contributed by atoms with Gasteiger partial charge >= 0.3 is 0 Å². The molecule has 4 nitrogen and oxygen atoms in total. The molecule has 4 heterocycles. The van der Waals surface area contributed by atoms with Crippen LogP contribution in [0.1, 0.15) is 6.92 Å². The minimum absolute atomic E-state index is 0. The number of rotatable bonds is 2. The molecule has 0 radical (unpaired) electrons. The molecule has 0 aliphatic carbocycles. The summed E-state index contributed by atoms with van der Waals surface area (Å²) in [5.41, 5.74) is 1.32. The summed E-state index contributed by atoms with van der Waals surface area (Å²) in [6, 6.07) is 0. The molecule has 0 atom stereocenters. The fraction of sp³-hybridized carbons (Fsp3) is 0.800. The van der Waals surface area contributed by atoms with E-state index in [0.717, 1.165) is 6.54 Å². The van der Waals surface area contributed by atoms with Crippen molar-refractivity contribution in [3.05, 3.63) is 12.2 Å². The number of nitrogens with zero attached hydrogens (tertiary/aromatic N) is 4. The zero-order valence-electron chi connectivity index (χ0n) is 9.32. The van der Waals surface area contributed by atoms with E-state index < -0.39 is 0 Å². The quantitative estimate of drug-likeness (QED) is 0.395. The molecule has 4 bridgehead atoms. The SMILES string of the molecule is C=C(C)C[N+]12CN3CN(CN(C3)C1)C2.[Br-]. The molecule has 0 aromatic rings. The molecule has 4 fully saturated rings. The third-order valence-corrected chi connectivity index (χ3v) is 3.31. The summed E-state index contributed by atoms with van der Waals surface area (Å²) in [4.78, 5) is 7.62. The first kappa shape index (κ1) is 11.5. The summed E-state index contributed by atoms with van der Waals surface area (Å²) in [6.45, 7) is 14.5. The van der Waals surface area contributed by atoms with Gasteiger partial charge in [0.15, 0.2) is 0 Å². The lowest BCUT2D eigenvalue weighted by Crippen LogP contribution is -3.00. The van der Waals surface area contributed by atoms with E-state index in [-0.39, 0.29) is 17.0 Å². The molecule has 0 N–H and O–H groups in total. The summed E-state index contributed by atoms with van der Waals surface area (Å²) in [5, 5.41) is 0. The van der Waals surface area contributed by atoms with Gasteiger partial charge in [0, 0.05) is 0 Å². The van der Waals surface area contributed by atoms with Crippen LogP contribution in [0.3, 0.4) is 0 Å². The lowest BCUT2D eigenvalue weighted by atomic mass is 10.2. The summed E-state index contributed by atoms with van der Waals surface area (Å²) in [7, 11) is 0.